The summed E-state index contributed by atoms with van der Waals surface area (Å²) in [7, 11) is -5.65. The number of nitrogens with one attached hydrogen (secondary N) is 1. The van der Waals surface area contributed by atoms with Crippen LogP contribution in [0, 0.1) is 0 Å². The number of sulfonamides is 1. The molecule has 1 aromatic carbocycles. The molecule has 9 heteroatoms. The van der Waals surface area contributed by atoms with Gasteiger partial charge < -0.3 is 10.1 Å². The lowest BCUT2D eigenvalue weighted by molar-refractivity contribution is 0.0730. The second kappa shape index (κ2) is 5.91. The van der Waals surface area contributed by atoms with E-state index in [0.29, 0.717) is 18.9 Å². The first-order chi connectivity index (χ1) is 9.76. The Kier molecular flexibility index (Phi) is 4.57. The second-order valence-corrected chi connectivity index (χ2v) is 8.62. The van der Waals surface area contributed by atoms with Crippen LogP contribution in [0.3, 0.4) is 0 Å². The van der Waals surface area contributed by atoms with Gasteiger partial charge >= 0.3 is 0 Å². The van der Waals surface area contributed by atoms with Crippen LogP contribution in [-0.4, -0.2) is 60.7 Å². The van der Waals surface area contributed by atoms with Crippen LogP contribution in [0.25, 0.3) is 0 Å². The molecule has 0 radical (unpaired) electrons. The Morgan fingerprint density at radius 2 is 1.76 bits per heavy atom. The molecule has 0 bridgehead atoms. The summed E-state index contributed by atoms with van der Waals surface area (Å²) in [6.45, 7) is 1.18. The minimum Gasteiger partial charge on any atom is -0.387 e. The van der Waals surface area contributed by atoms with E-state index in [4.69, 9.17) is 4.74 Å². The Balaban J connectivity index is 2.54. The van der Waals surface area contributed by atoms with Gasteiger partial charge in [-0.15, -0.1) is 0 Å². The second-order valence-electron chi connectivity index (χ2n) is 4.70. The minimum absolute atomic E-state index is 0.0201. The van der Waals surface area contributed by atoms with Gasteiger partial charge in [-0.25, -0.2) is 16.8 Å². The van der Waals surface area contributed by atoms with Crippen LogP contribution in [0.2, 0.25) is 0 Å². The van der Waals surface area contributed by atoms with E-state index in [-0.39, 0.29) is 22.9 Å². The van der Waals surface area contributed by atoms with E-state index in [0.717, 1.165) is 6.26 Å². The highest BCUT2D eigenvalue weighted by atomic mass is 32.2. The molecule has 0 spiro atoms. The Morgan fingerprint density at radius 1 is 1.14 bits per heavy atom. The maximum absolute atomic E-state index is 12.7. The molecule has 1 heterocycles. The smallest absolute Gasteiger partial charge is 0.245 e. The van der Waals surface area contributed by atoms with Crippen molar-refractivity contribution in [1.82, 2.24) is 4.31 Å². The lowest BCUT2D eigenvalue weighted by atomic mass is 10.3. The number of rotatable bonds is 4. The van der Waals surface area contributed by atoms with Gasteiger partial charge in [-0.3, -0.25) is 0 Å². The van der Waals surface area contributed by atoms with Gasteiger partial charge in [0, 0.05) is 26.4 Å². The zero-order valence-corrected chi connectivity index (χ0v) is 13.5. The van der Waals surface area contributed by atoms with Crippen molar-refractivity contribution in [3.8, 4) is 0 Å². The number of benzene rings is 1. The quantitative estimate of drug-likeness (QED) is 0.843. The van der Waals surface area contributed by atoms with Gasteiger partial charge in [0.05, 0.1) is 23.8 Å². The fourth-order valence-corrected chi connectivity index (χ4v) is 4.43. The fraction of sp³-hybridized carbons (Fsp3) is 0.500. The molecular weight excluding hydrogens is 316 g/mol. The third-order valence-corrected chi connectivity index (χ3v) is 6.29. The zero-order valence-electron chi connectivity index (χ0n) is 11.9. The standard InChI is InChI=1S/C12H18N2O5S2/c1-13-11-4-3-10(20(2,15)16)9-12(11)21(17,18)14-5-7-19-8-6-14/h3-4,9,13H,5-8H2,1-2H3. The maximum atomic E-state index is 12.7. The lowest BCUT2D eigenvalue weighted by Gasteiger charge is -2.27. The fourth-order valence-electron chi connectivity index (χ4n) is 2.08. The highest BCUT2D eigenvalue weighted by Gasteiger charge is 2.29. The van der Waals surface area contributed by atoms with Crippen LogP contribution in [0.5, 0.6) is 0 Å². The van der Waals surface area contributed by atoms with Gasteiger partial charge in [-0.2, -0.15) is 4.31 Å². The van der Waals surface area contributed by atoms with Crippen molar-refractivity contribution >= 4 is 25.5 Å². The van der Waals surface area contributed by atoms with E-state index in [9.17, 15) is 16.8 Å². The summed E-state index contributed by atoms with van der Waals surface area (Å²) in [6.07, 6.45) is 1.05. The third-order valence-electron chi connectivity index (χ3n) is 3.24. The van der Waals surface area contributed by atoms with Crippen molar-refractivity contribution < 1.29 is 21.6 Å². The first-order valence-corrected chi connectivity index (χ1v) is 9.70. The summed E-state index contributed by atoms with van der Waals surface area (Å²) >= 11 is 0. The Hall–Kier alpha value is -1.16. The van der Waals surface area contributed by atoms with Crippen molar-refractivity contribution in [2.75, 3.05) is 44.9 Å². The normalized spacial score (nSPS) is 17.6. The van der Waals surface area contributed by atoms with E-state index in [1.54, 1.807) is 7.05 Å². The van der Waals surface area contributed by atoms with Crippen LogP contribution in [0.1, 0.15) is 0 Å². The topological polar surface area (TPSA) is 92.8 Å². The van der Waals surface area contributed by atoms with Crippen molar-refractivity contribution in [3.05, 3.63) is 18.2 Å². The number of sulfone groups is 1. The molecule has 1 aliphatic rings. The average molecular weight is 334 g/mol. The first kappa shape index (κ1) is 16.2. The summed E-state index contributed by atoms with van der Waals surface area (Å²) in [4.78, 5) is -0.0526. The Bertz CT molecular complexity index is 722. The molecule has 1 N–H and O–H groups in total. The molecule has 0 saturated carbocycles. The van der Waals surface area contributed by atoms with Crippen LogP contribution in [-0.2, 0) is 24.6 Å². The molecule has 1 fully saturated rings. The Labute approximate surface area is 124 Å². The van der Waals surface area contributed by atoms with E-state index >= 15 is 0 Å². The van der Waals surface area contributed by atoms with E-state index in [2.05, 4.69) is 5.32 Å². The summed E-state index contributed by atoms with van der Waals surface area (Å²) < 4.78 is 55.1. The Morgan fingerprint density at radius 3 is 2.29 bits per heavy atom. The minimum atomic E-state index is -3.76. The number of anilines is 1. The highest BCUT2D eigenvalue weighted by Crippen LogP contribution is 2.28. The largest absolute Gasteiger partial charge is 0.387 e. The van der Waals surface area contributed by atoms with Gasteiger partial charge in [0.2, 0.25) is 10.0 Å². The molecule has 0 amide bonds. The number of morpholine rings is 1. The van der Waals surface area contributed by atoms with Gasteiger partial charge in [0.25, 0.3) is 0 Å². The lowest BCUT2D eigenvalue weighted by Crippen LogP contribution is -2.40. The van der Waals surface area contributed by atoms with Crippen LogP contribution in [0.4, 0.5) is 5.69 Å². The molecule has 1 aromatic rings. The van der Waals surface area contributed by atoms with Gasteiger partial charge in [-0.05, 0) is 18.2 Å². The molecule has 0 unspecified atom stereocenters. The number of nitrogens with zero attached hydrogens (tertiary/aromatic N) is 1. The molecule has 1 aliphatic heterocycles. The highest BCUT2D eigenvalue weighted by molar-refractivity contribution is 7.91. The summed E-state index contributed by atoms with van der Waals surface area (Å²) in [5, 5.41) is 2.79. The predicted octanol–water partition coefficient (Wildman–Crippen LogP) is 0.153. The van der Waals surface area contributed by atoms with E-state index in [1.807, 2.05) is 0 Å². The van der Waals surface area contributed by atoms with Crippen LogP contribution >= 0.6 is 0 Å². The molecule has 118 valence electrons. The van der Waals surface area contributed by atoms with E-state index < -0.39 is 19.9 Å². The van der Waals surface area contributed by atoms with Crippen molar-refractivity contribution in [2.24, 2.45) is 0 Å². The monoisotopic (exact) mass is 334 g/mol. The van der Waals surface area contributed by atoms with Crippen molar-refractivity contribution in [2.45, 2.75) is 9.79 Å². The molecule has 1 saturated heterocycles. The average Bonchev–Trinajstić information content (AvgIpc) is 2.46. The maximum Gasteiger partial charge on any atom is 0.245 e. The van der Waals surface area contributed by atoms with Crippen molar-refractivity contribution in [3.63, 3.8) is 0 Å². The van der Waals surface area contributed by atoms with Crippen LogP contribution < -0.4 is 5.32 Å². The molecule has 0 atom stereocenters. The van der Waals surface area contributed by atoms with Crippen LogP contribution in [0.15, 0.2) is 28.0 Å². The summed E-state index contributed by atoms with van der Waals surface area (Å²) in [5.74, 6) is 0. The molecule has 21 heavy (non-hydrogen) atoms. The molecular formula is C12H18N2O5S2. The summed E-state index contributed by atoms with van der Waals surface area (Å²) in [5.41, 5.74) is 0.369. The third kappa shape index (κ3) is 3.37. The van der Waals surface area contributed by atoms with Gasteiger partial charge in [0.15, 0.2) is 9.84 Å². The van der Waals surface area contributed by atoms with Gasteiger partial charge in [-0.1, -0.05) is 0 Å². The number of ether oxygens (including phenoxy) is 1. The van der Waals surface area contributed by atoms with E-state index in [1.165, 1.54) is 22.5 Å². The predicted molar refractivity (Wildman–Crippen MR) is 78.7 cm³/mol. The molecule has 2 rings (SSSR count). The number of hydrogen-bond acceptors (Lipinski definition) is 6. The molecule has 0 aromatic heterocycles. The number of hydrogen-bond donors (Lipinski definition) is 1. The molecule has 0 aliphatic carbocycles. The zero-order chi connectivity index (χ0) is 15.7. The summed E-state index contributed by atoms with van der Waals surface area (Å²) in [6, 6.07) is 4.05. The van der Waals surface area contributed by atoms with Crippen molar-refractivity contribution in [1.29, 1.82) is 0 Å². The first-order valence-electron chi connectivity index (χ1n) is 6.36. The SMILES string of the molecule is CNc1ccc(S(C)(=O)=O)cc1S(=O)(=O)N1CCOCC1. The van der Waals surface area contributed by atoms with Gasteiger partial charge in [0.1, 0.15) is 4.90 Å². The molecule has 7 nitrogen and oxygen atoms in total.